The number of amides is 1. The molecule has 0 spiro atoms. The predicted octanol–water partition coefficient (Wildman–Crippen LogP) is -0.876. The summed E-state index contributed by atoms with van der Waals surface area (Å²) in [7, 11) is 0. The molecule has 1 rings (SSSR count). The fraction of sp³-hybridized carbons (Fsp3) is 0.300. The number of rotatable bonds is 4. The minimum Gasteiger partial charge on any atom is -0.448 e. The molecule has 0 aliphatic heterocycles. The zero-order chi connectivity index (χ0) is 12.2. The second kappa shape index (κ2) is 7.91. The molecule has 0 fully saturated rings. The van der Waals surface area contributed by atoms with E-state index in [0.29, 0.717) is 5.56 Å². The standard InChI is InChI=1S/C10H12BF3NO.Cs/c1-8(16)15-10(11(12,13)14)7-9-5-3-2-4-6-9;/h2-6,10H,7H2,1H3,(H,15,16);/q-1;+1/t10-;/m0./s1. The van der Waals surface area contributed by atoms with Gasteiger partial charge in [-0.05, 0) is 12.0 Å². The topological polar surface area (TPSA) is 29.1 Å². The maximum absolute atomic E-state index is 12.6. The summed E-state index contributed by atoms with van der Waals surface area (Å²) < 4.78 is 37.8. The van der Waals surface area contributed by atoms with Gasteiger partial charge in [0.15, 0.2) is 0 Å². The van der Waals surface area contributed by atoms with Crippen LogP contribution in [0.4, 0.5) is 12.9 Å². The van der Waals surface area contributed by atoms with Crippen LogP contribution in [0.3, 0.4) is 0 Å². The van der Waals surface area contributed by atoms with Crippen LogP contribution in [0.5, 0.6) is 0 Å². The van der Waals surface area contributed by atoms with E-state index < -0.39 is 18.8 Å². The Morgan fingerprint density at radius 3 is 2.24 bits per heavy atom. The molecule has 7 heteroatoms. The zero-order valence-corrected chi connectivity index (χ0v) is 16.1. The number of halogens is 3. The van der Waals surface area contributed by atoms with Crippen molar-refractivity contribution in [1.29, 1.82) is 0 Å². The second-order valence-corrected chi connectivity index (χ2v) is 3.62. The Balaban J connectivity index is 0.00000256. The predicted molar refractivity (Wildman–Crippen MR) is 56.8 cm³/mol. The van der Waals surface area contributed by atoms with E-state index in [1.807, 2.05) is 5.32 Å². The number of hydrogen-bond donors (Lipinski definition) is 1. The van der Waals surface area contributed by atoms with Gasteiger partial charge in [0.2, 0.25) is 5.91 Å². The van der Waals surface area contributed by atoms with Crippen LogP contribution in [-0.4, -0.2) is 18.8 Å². The van der Waals surface area contributed by atoms with E-state index >= 15 is 0 Å². The third-order valence-corrected chi connectivity index (χ3v) is 2.14. The van der Waals surface area contributed by atoms with E-state index in [0.717, 1.165) is 6.92 Å². The van der Waals surface area contributed by atoms with E-state index in [2.05, 4.69) is 0 Å². The Morgan fingerprint density at radius 1 is 1.29 bits per heavy atom. The van der Waals surface area contributed by atoms with Gasteiger partial charge in [0.1, 0.15) is 0 Å². The van der Waals surface area contributed by atoms with Gasteiger partial charge in [-0.15, -0.1) is 0 Å². The number of carbonyl (C=O) groups is 1. The van der Waals surface area contributed by atoms with E-state index in [1.165, 1.54) is 0 Å². The van der Waals surface area contributed by atoms with Crippen LogP contribution >= 0.6 is 0 Å². The Morgan fingerprint density at radius 2 is 1.82 bits per heavy atom. The van der Waals surface area contributed by atoms with Gasteiger partial charge in [0.25, 0.3) is 0 Å². The first-order chi connectivity index (χ1) is 7.39. The SMILES string of the molecule is CC(=O)N[C@@H](Cc1ccccc1)[B-](F)(F)F.[Cs+]. The van der Waals surface area contributed by atoms with Crippen molar-refractivity contribution >= 4 is 12.9 Å². The van der Waals surface area contributed by atoms with Crippen molar-refractivity contribution in [1.82, 2.24) is 5.32 Å². The van der Waals surface area contributed by atoms with Gasteiger partial charge in [0.05, 0.1) is 0 Å². The van der Waals surface area contributed by atoms with Crippen molar-refractivity contribution in [2.24, 2.45) is 0 Å². The van der Waals surface area contributed by atoms with Gasteiger partial charge in [-0.3, -0.25) is 4.79 Å². The van der Waals surface area contributed by atoms with E-state index in [1.54, 1.807) is 30.3 Å². The van der Waals surface area contributed by atoms with Gasteiger partial charge in [0, 0.05) is 12.9 Å². The van der Waals surface area contributed by atoms with Crippen LogP contribution in [0.2, 0.25) is 0 Å². The molecule has 0 unspecified atom stereocenters. The van der Waals surface area contributed by atoms with Crippen LogP contribution < -0.4 is 74.2 Å². The fourth-order valence-corrected chi connectivity index (χ4v) is 1.41. The smallest absolute Gasteiger partial charge is 0.448 e. The molecular weight excluding hydrogens is 351 g/mol. The first-order valence-corrected chi connectivity index (χ1v) is 4.90. The minimum atomic E-state index is -5.07. The molecule has 0 heterocycles. The summed E-state index contributed by atoms with van der Waals surface area (Å²) in [5.41, 5.74) is 0.556. The van der Waals surface area contributed by atoms with Crippen molar-refractivity contribution in [2.45, 2.75) is 19.3 Å². The van der Waals surface area contributed by atoms with Crippen LogP contribution in [0.25, 0.3) is 0 Å². The summed E-state index contributed by atoms with van der Waals surface area (Å²) >= 11 is 0. The van der Waals surface area contributed by atoms with Crippen LogP contribution in [-0.2, 0) is 11.2 Å². The molecule has 0 saturated carbocycles. The van der Waals surface area contributed by atoms with Gasteiger partial charge in [-0.25, -0.2) is 0 Å². The molecule has 88 valence electrons. The number of nitrogens with one attached hydrogen (secondary N) is 1. The van der Waals surface area contributed by atoms with Crippen molar-refractivity contribution in [3.05, 3.63) is 35.9 Å². The summed E-state index contributed by atoms with van der Waals surface area (Å²) in [5, 5.41) is 1.93. The second-order valence-electron chi connectivity index (χ2n) is 3.62. The molecule has 1 aromatic rings. The number of carbonyl (C=O) groups excluding carboxylic acids is 1. The Hall–Kier alpha value is 0.597. The Bertz CT molecular complexity index is 358. The molecule has 0 radical (unpaired) electrons. The molecular formula is C10H12BCsF3NO. The minimum absolute atomic E-state index is 0. The third kappa shape index (κ3) is 6.93. The van der Waals surface area contributed by atoms with Crippen LogP contribution in [0.1, 0.15) is 12.5 Å². The zero-order valence-electron chi connectivity index (χ0n) is 9.79. The molecule has 0 saturated heterocycles. The largest absolute Gasteiger partial charge is 1.00 e. The summed E-state index contributed by atoms with van der Waals surface area (Å²) in [6, 6.07) is 8.29. The monoisotopic (exact) mass is 363 g/mol. The molecule has 0 aromatic heterocycles. The van der Waals surface area contributed by atoms with E-state index in [-0.39, 0.29) is 75.3 Å². The average molecular weight is 363 g/mol. The normalized spacial score (nSPS) is 12.5. The summed E-state index contributed by atoms with van der Waals surface area (Å²) in [6.45, 7) is -3.99. The molecule has 1 N–H and O–H groups in total. The first kappa shape index (κ1) is 17.6. The molecule has 0 aliphatic rings. The quantitative estimate of drug-likeness (QED) is 0.693. The van der Waals surface area contributed by atoms with Gasteiger partial charge in [-0.1, -0.05) is 30.3 Å². The maximum atomic E-state index is 12.6. The molecule has 1 amide bonds. The van der Waals surface area contributed by atoms with Gasteiger partial charge < -0.3 is 18.3 Å². The van der Waals surface area contributed by atoms with E-state index in [4.69, 9.17) is 0 Å². The third-order valence-electron chi connectivity index (χ3n) is 2.14. The van der Waals surface area contributed by atoms with Gasteiger partial charge in [-0.2, -0.15) is 0 Å². The van der Waals surface area contributed by atoms with Gasteiger partial charge >= 0.3 is 75.9 Å². The molecule has 2 nitrogen and oxygen atoms in total. The Labute approximate surface area is 157 Å². The number of benzene rings is 1. The molecule has 1 aromatic carbocycles. The van der Waals surface area contributed by atoms with Crippen molar-refractivity contribution in [2.75, 3.05) is 0 Å². The molecule has 0 bridgehead atoms. The van der Waals surface area contributed by atoms with Crippen molar-refractivity contribution in [3.8, 4) is 0 Å². The maximum Gasteiger partial charge on any atom is 1.00 e. The van der Waals surface area contributed by atoms with Crippen molar-refractivity contribution < 1.29 is 86.6 Å². The Kier molecular flexibility index (Phi) is 8.18. The summed E-state index contributed by atoms with van der Waals surface area (Å²) in [5.74, 6) is -2.43. The summed E-state index contributed by atoms with van der Waals surface area (Å²) in [4.78, 5) is 10.7. The fourth-order valence-electron chi connectivity index (χ4n) is 1.41. The number of hydrogen-bond acceptors (Lipinski definition) is 1. The van der Waals surface area contributed by atoms with Crippen molar-refractivity contribution in [3.63, 3.8) is 0 Å². The molecule has 17 heavy (non-hydrogen) atoms. The van der Waals surface area contributed by atoms with E-state index in [9.17, 15) is 17.7 Å². The average Bonchev–Trinajstić information content (AvgIpc) is 2.16. The summed E-state index contributed by atoms with van der Waals surface area (Å²) in [6.07, 6.45) is -0.218. The molecule has 0 aliphatic carbocycles. The van der Waals surface area contributed by atoms with Crippen LogP contribution in [0, 0.1) is 0 Å². The van der Waals surface area contributed by atoms with Crippen LogP contribution in [0.15, 0.2) is 30.3 Å². The molecule has 1 atom stereocenters. The first-order valence-electron chi connectivity index (χ1n) is 4.90.